The Bertz CT molecular complexity index is 1210. The molecule has 0 aromatic heterocycles. The lowest BCUT2D eigenvalue weighted by Crippen LogP contribution is -2.56. The van der Waals surface area contributed by atoms with Crippen molar-refractivity contribution in [3.05, 3.63) is 52.1 Å². The van der Waals surface area contributed by atoms with Gasteiger partial charge in [-0.1, -0.05) is 44.7 Å². The number of hydrogen-bond donors (Lipinski definition) is 2. The Balaban J connectivity index is 1.56. The molecule has 2 aliphatic heterocycles. The number of phenols is 1. The second-order valence-corrected chi connectivity index (χ2v) is 11.6. The van der Waals surface area contributed by atoms with Crippen LogP contribution in [0.2, 0.25) is 0 Å². The zero-order chi connectivity index (χ0) is 25.7. The van der Waals surface area contributed by atoms with E-state index >= 15 is 0 Å². The summed E-state index contributed by atoms with van der Waals surface area (Å²) in [6.45, 7) is 11.7. The summed E-state index contributed by atoms with van der Waals surface area (Å²) in [5, 5.41) is 12.0. The summed E-state index contributed by atoms with van der Waals surface area (Å²) in [5.74, 6) is 0.938. The van der Waals surface area contributed by atoms with Crippen LogP contribution in [0.25, 0.3) is 0 Å². The molecule has 2 aromatic carbocycles. The first-order chi connectivity index (χ1) is 16.3. The predicted molar refractivity (Wildman–Crippen MR) is 135 cm³/mol. The van der Waals surface area contributed by atoms with Gasteiger partial charge < -0.3 is 14.6 Å². The van der Waals surface area contributed by atoms with E-state index in [0.29, 0.717) is 34.6 Å². The molecule has 2 aliphatic rings. The molecule has 2 heterocycles. The number of hydrogen-bond acceptors (Lipinski definition) is 7. The van der Waals surface area contributed by atoms with E-state index in [4.69, 9.17) is 9.47 Å². The number of rotatable bonds is 5. The van der Waals surface area contributed by atoms with Gasteiger partial charge in [0.15, 0.2) is 11.4 Å². The quantitative estimate of drug-likeness (QED) is 0.597. The maximum Gasteiger partial charge on any atom is 0.286 e. The summed E-state index contributed by atoms with van der Waals surface area (Å²) in [7, 11) is 0. The van der Waals surface area contributed by atoms with E-state index in [1.807, 2.05) is 58.9 Å². The van der Waals surface area contributed by atoms with Crippen LogP contribution in [0.5, 0.6) is 17.2 Å². The number of ketones is 1. The minimum absolute atomic E-state index is 0.0714. The van der Waals surface area contributed by atoms with Crippen molar-refractivity contribution in [3.63, 3.8) is 0 Å². The molecule has 1 saturated heterocycles. The predicted octanol–water partition coefficient (Wildman–Crippen LogP) is 5.04. The molecule has 7 nitrogen and oxygen atoms in total. The molecule has 2 N–H and O–H groups in total. The van der Waals surface area contributed by atoms with Gasteiger partial charge in [-0.05, 0) is 56.0 Å². The average molecular weight is 498 g/mol. The monoisotopic (exact) mass is 497 g/mol. The highest BCUT2D eigenvalue weighted by Crippen LogP contribution is 2.48. The lowest BCUT2D eigenvalue weighted by atomic mass is 9.71. The van der Waals surface area contributed by atoms with Crippen LogP contribution in [0, 0.1) is 26.2 Å². The number of phenolic OH excluding ortho intramolecular Hbond substituents is 1. The molecule has 2 unspecified atom stereocenters. The average Bonchev–Trinajstić information content (AvgIpc) is 3.11. The Morgan fingerprint density at radius 1 is 1.09 bits per heavy atom. The van der Waals surface area contributed by atoms with Gasteiger partial charge in [-0.15, -0.1) is 0 Å². The fourth-order valence-electron chi connectivity index (χ4n) is 4.53. The molecule has 186 valence electrons. The second-order valence-electron chi connectivity index (χ2n) is 10.4. The fourth-order valence-corrected chi connectivity index (χ4v) is 5.39. The highest BCUT2D eigenvalue weighted by atomic mass is 32.2. The van der Waals surface area contributed by atoms with Crippen LogP contribution in [0.3, 0.4) is 0 Å². The molecule has 0 bridgehead atoms. The third-order valence-corrected chi connectivity index (χ3v) is 8.17. The first kappa shape index (κ1) is 25.1. The van der Waals surface area contributed by atoms with E-state index in [2.05, 4.69) is 5.32 Å². The van der Waals surface area contributed by atoms with Crippen molar-refractivity contribution in [1.29, 1.82) is 0 Å². The van der Waals surface area contributed by atoms with Crippen molar-refractivity contribution in [2.45, 2.75) is 65.2 Å². The van der Waals surface area contributed by atoms with E-state index < -0.39 is 16.3 Å². The van der Waals surface area contributed by atoms with Crippen molar-refractivity contribution < 1.29 is 29.0 Å². The van der Waals surface area contributed by atoms with Gasteiger partial charge in [-0.25, -0.2) is 0 Å². The number of benzene rings is 2. The summed E-state index contributed by atoms with van der Waals surface area (Å²) in [5.41, 5.74) is 2.03. The normalized spacial score (nSPS) is 22.0. The van der Waals surface area contributed by atoms with Crippen LogP contribution in [0.1, 0.15) is 59.8 Å². The molecule has 0 saturated carbocycles. The molecule has 2 atom stereocenters. The first-order valence-corrected chi connectivity index (χ1v) is 12.5. The smallest absolute Gasteiger partial charge is 0.286 e. The fraction of sp³-hybridized carbons (Fsp3) is 0.444. The van der Waals surface area contributed by atoms with Gasteiger partial charge in [0, 0.05) is 11.0 Å². The number of Topliss-reactive ketones (excluding diaryl/α,β-unsaturated/α-hetero) is 1. The van der Waals surface area contributed by atoms with Gasteiger partial charge in [-0.3, -0.25) is 19.7 Å². The van der Waals surface area contributed by atoms with Crippen molar-refractivity contribution in [1.82, 2.24) is 5.32 Å². The largest absolute Gasteiger partial charge is 0.507 e. The number of imide groups is 1. The molecular formula is C27H31NO6S. The highest BCUT2D eigenvalue weighted by molar-refractivity contribution is 8.15. The maximum absolute atomic E-state index is 13.3. The van der Waals surface area contributed by atoms with Crippen molar-refractivity contribution in [2.24, 2.45) is 5.41 Å². The van der Waals surface area contributed by atoms with E-state index in [9.17, 15) is 19.5 Å². The third-order valence-electron chi connectivity index (χ3n) is 7.19. The molecule has 0 spiro atoms. The van der Waals surface area contributed by atoms with Gasteiger partial charge in [0.25, 0.3) is 5.24 Å². The number of carbonyl (C=O) groups is 3. The molecule has 2 amide bonds. The van der Waals surface area contributed by atoms with Crippen LogP contribution in [-0.4, -0.2) is 39.5 Å². The summed E-state index contributed by atoms with van der Waals surface area (Å²) in [6.07, 6.45) is 0.583. The third kappa shape index (κ3) is 4.51. The number of aromatic hydroxyl groups is 1. The molecule has 8 heteroatoms. The molecule has 1 fully saturated rings. The Labute approximate surface area is 209 Å². The minimum atomic E-state index is -0.907. The van der Waals surface area contributed by atoms with Crippen LogP contribution in [0.15, 0.2) is 24.3 Å². The number of nitrogens with one attached hydrogen (secondary N) is 1. The van der Waals surface area contributed by atoms with Crippen molar-refractivity contribution in [3.8, 4) is 17.2 Å². The first-order valence-electron chi connectivity index (χ1n) is 11.6. The van der Waals surface area contributed by atoms with E-state index in [1.165, 1.54) is 0 Å². The summed E-state index contributed by atoms with van der Waals surface area (Å²) < 4.78 is 12.8. The van der Waals surface area contributed by atoms with Gasteiger partial charge in [-0.2, -0.15) is 0 Å². The van der Waals surface area contributed by atoms with Gasteiger partial charge >= 0.3 is 0 Å². The van der Waals surface area contributed by atoms with Crippen molar-refractivity contribution >= 4 is 28.7 Å². The Morgan fingerprint density at radius 2 is 1.74 bits per heavy atom. The number of amides is 2. The number of carbonyl (C=O) groups excluding carboxylic acids is 3. The second kappa shape index (κ2) is 8.90. The van der Waals surface area contributed by atoms with Crippen molar-refractivity contribution in [2.75, 3.05) is 6.61 Å². The topological polar surface area (TPSA) is 102 Å². The zero-order valence-corrected chi connectivity index (χ0v) is 21.7. The Kier molecular flexibility index (Phi) is 6.38. The summed E-state index contributed by atoms with van der Waals surface area (Å²) >= 11 is 1.01. The standard InChI is InChI=1S/C27H31NO6S/c1-14-15(2)23-21(16(3)22(14)30)19(29)12-27(34-23,26(4,5)6)13-33-18-9-7-17(8-10-18)11-20-24(31)28-25(32)35-20/h7-10,20,30H,11-13H2,1-6H3,(H,28,31,32). The molecular weight excluding hydrogens is 466 g/mol. The summed E-state index contributed by atoms with van der Waals surface area (Å²) in [4.78, 5) is 36.6. The number of thioether (sulfide) groups is 1. The molecule has 0 aliphatic carbocycles. The van der Waals surface area contributed by atoms with Gasteiger partial charge in [0.2, 0.25) is 5.91 Å². The van der Waals surface area contributed by atoms with Crippen LogP contribution >= 0.6 is 11.8 Å². The van der Waals surface area contributed by atoms with Gasteiger partial charge in [0.05, 0.1) is 17.2 Å². The maximum atomic E-state index is 13.3. The van der Waals surface area contributed by atoms with E-state index in [1.54, 1.807) is 6.92 Å². The van der Waals surface area contributed by atoms with E-state index in [0.717, 1.165) is 22.9 Å². The summed E-state index contributed by atoms with van der Waals surface area (Å²) in [6, 6.07) is 7.39. The molecule has 35 heavy (non-hydrogen) atoms. The van der Waals surface area contributed by atoms with Crippen LogP contribution in [-0.2, 0) is 11.2 Å². The molecule has 0 radical (unpaired) electrons. The molecule has 2 aromatic rings. The van der Waals surface area contributed by atoms with E-state index in [-0.39, 0.29) is 35.7 Å². The highest BCUT2D eigenvalue weighted by Gasteiger charge is 2.51. The van der Waals surface area contributed by atoms with Gasteiger partial charge in [0.1, 0.15) is 23.9 Å². The van der Waals surface area contributed by atoms with Crippen LogP contribution in [0.4, 0.5) is 4.79 Å². The lowest BCUT2D eigenvalue weighted by Gasteiger charge is -2.47. The number of ether oxygens (including phenoxy) is 2. The Hall–Kier alpha value is -3.00. The van der Waals surface area contributed by atoms with Crippen LogP contribution < -0.4 is 14.8 Å². The lowest BCUT2D eigenvalue weighted by molar-refractivity contribution is -0.118. The number of fused-ring (bicyclic) bond motifs is 1. The molecule has 4 rings (SSSR count). The SMILES string of the molecule is Cc1c(C)c2c(c(C)c1O)C(=O)CC(COc1ccc(CC3SC(=O)NC3=O)cc1)(C(C)(C)C)O2. The minimum Gasteiger partial charge on any atom is -0.507 e. The zero-order valence-electron chi connectivity index (χ0n) is 20.9. The Morgan fingerprint density at radius 3 is 2.31 bits per heavy atom.